The predicted molar refractivity (Wildman–Crippen MR) is 107 cm³/mol. The van der Waals surface area contributed by atoms with Crippen LogP contribution in [-0.2, 0) is 0 Å². The second-order valence-corrected chi connectivity index (χ2v) is 7.04. The third kappa shape index (κ3) is 5.21. The van der Waals surface area contributed by atoms with Gasteiger partial charge in [-0.3, -0.25) is 4.90 Å². The lowest BCUT2D eigenvalue weighted by Gasteiger charge is -2.38. The number of para-hydroxylation sites is 1. The number of carbonyl (C=O) groups is 1. The van der Waals surface area contributed by atoms with Crippen LogP contribution in [0.2, 0.25) is 5.02 Å². The van der Waals surface area contributed by atoms with Crippen LogP contribution in [-0.4, -0.2) is 55.6 Å². The molecule has 26 heavy (non-hydrogen) atoms. The maximum Gasteiger partial charge on any atom is 0.319 e. The molecule has 1 atom stereocenters. The van der Waals surface area contributed by atoms with Crippen LogP contribution in [0.3, 0.4) is 0 Å². The van der Waals surface area contributed by atoms with E-state index in [0.29, 0.717) is 6.54 Å². The highest BCUT2D eigenvalue weighted by atomic mass is 35.5. The van der Waals surface area contributed by atoms with Gasteiger partial charge in [0.1, 0.15) is 0 Å². The Kier molecular flexibility index (Phi) is 6.50. The fraction of sp³-hybridized carbons (Fsp3) is 0.350. The van der Waals surface area contributed by atoms with Crippen LogP contribution in [0.15, 0.2) is 54.6 Å². The van der Waals surface area contributed by atoms with Gasteiger partial charge in [-0.15, -0.1) is 0 Å². The molecule has 0 aromatic heterocycles. The lowest BCUT2D eigenvalue weighted by molar-refractivity contribution is 0.111. The normalized spacial score (nSPS) is 16.8. The molecule has 1 heterocycles. The van der Waals surface area contributed by atoms with Crippen molar-refractivity contribution in [2.45, 2.75) is 6.04 Å². The van der Waals surface area contributed by atoms with Crippen LogP contribution in [0, 0.1) is 0 Å². The third-order valence-electron chi connectivity index (χ3n) is 4.72. The van der Waals surface area contributed by atoms with E-state index in [2.05, 4.69) is 27.5 Å². The van der Waals surface area contributed by atoms with Crippen LogP contribution in [0.4, 0.5) is 10.5 Å². The van der Waals surface area contributed by atoms with Gasteiger partial charge in [0.05, 0.1) is 6.04 Å². The molecule has 2 aromatic rings. The Morgan fingerprint density at radius 3 is 2.35 bits per heavy atom. The standard InChI is InChI=1S/C20H25ClN4O/c1-24-11-13-25(14-12-24)19(16-7-9-17(21)10-8-16)15-22-20(26)23-18-5-3-2-4-6-18/h2-10,19H,11-15H2,1H3,(H2,22,23,26). The summed E-state index contributed by atoms with van der Waals surface area (Å²) in [7, 11) is 2.14. The molecule has 5 nitrogen and oxygen atoms in total. The van der Waals surface area contributed by atoms with Gasteiger partial charge < -0.3 is 15.5 Å². The van der Waals surface area contributed by atoms with Crippen LogP contribution in [0.1, 0.15) is 11.6 Å². The highest BCUT2D eigenvalue weighted by molar-refractivity contribution is 6.30. The smallest absolute Gasteiger partial charge is 0.319 e. The molecule has 3 rings (SSSR count). The summed E-state index contributed by atoms with van der Waals surface area (Å²) in [5.74, 6) is 0. The minimum Gasteiger partial charge on any atom is -0.336 e. The molecule has 6 heteroatoms. The monoisotopic (exact) mass is 372 g/mol. The number of carbonyl (C=O) groups excluding carboxylic acids is 1. The summed E-state index contributed by atoms with van der Waals surface area (Å²) in [5, 5.41) is 6.61. The number of likely N-dealkylation sites (N-methyl/N-ethyl adjacent to an activating group) is 1. The molecule has 0 spiro atoms. The lowest BCUT2D eigenvalue weighted by Crippen LogP contribution is -2.48. The molecule has 1 fully saturated rings. The number of halogens is 1. The number of nitrogens with zero attached hydrogens (tertiary/aromatic N) is 2. The van der Waals surface area contributed by atoms with E-state index in [0.717, 1.165) is 36.9 Å². The van der Waals surface area contributed by atoms with Crippen molar-refractivity contribution >= 4 is 23.3 Å². The van der Waals surface area contributed by atoms with E-state index in [1.807, 2.05) is 54.6 Å². The number of anilines is 1. The van der Waals surface area contributed by atoms with E-state index in [1.165, 1.54) is 5.56 Å². The van der Waals surface area contributed by atoms with Crippen LogP contribution in [0.25, 0.3) is 0 Å². The van der Waals surface area contributed by atoms with Gasteiger partial charge in [-0.2, -0.15) is 0 Å². The number of hydrogen-bond donors (Lipinski definition) is 2. The number of nitrogens with one attached hydrogen (secondary N) is 2. The number of rotatable bonds is 5. The molecule has 0 bridgehead atoms. The van der Waals surface area contributed by atoms with E-state index in [1.54, 1.807) is 0 Å². The quantitative estimate of drug-likeness (QED) is 0.845. The van der Waals surface area contributed by atoms with E-state index >= 15 is 0 Å². The Hall–Kier alpha value is -2.08. The van der Waals surface area contributed by atoms with Gasteiger partial charge in [0, 0.05) is 43.4 Å². The molecule has 2 aromatic carbocycles. The molecule has 0 aliphatic carbocycles. The van der Waals surface area contributed by atoms with Gasteiger partial charge in [0.2, 0.25) is 0 Å². The molecule has 0 radical (unpaired) electrons. The van der Waals surface area contributed by atoms with Crippen molar-refractivity contribution in [1.82, 2.24) is 15.1 Å². The van der Waals surface area contributed by atoms with Crippen molar-refractivity contribution in [3.8, 4) is 0 Å². The maximum atomic E-state index is 12.3. The molecule has 138 valence electrons. The zero-order chi connectivity index (χ0) is 18.4. The average Bonchev–Trinajstić information content (AvgIpc) is 2.65. The highest BCUT2D eigenvalue weighted by Gasteiger charge is 2.24. The first kappa shape index (κ1) is 18.7. The summed E-state index contributed by atoms with van der Waals surface area (Å²) in [5.41, 5.74) is 1.95. The highest BCUT2D eigenvalue weighted by Crippen LogP contribution is 2.23. The van der Waals surface area contributed by atoms with Gasteiger partial charge in [-0.1, -0.05) is 41.9 Å². The average molecular weight is 373 g/mol. The SMILES string of the molecule is CN1CCN(C(CNC(=O)Nc2ccccc2)c2ccc(Cl)cc2)CC1. The number of piperazine rings is 1. The van der Waals surface area contributed by atoms with Crippen molar-refractivity contribution < 1.29 is 4.79 Å². The largest absolute Gasteiger partial charge is 0.336 e. The Labute approximate surface area is 159 Å². The van der Waals surface area contributed by atoms with Gasteiger partial charge in [0.25, 0.3) is 0 Å². The molecule has 1 saturated heterocycles. The number of urea groups is 1. The summed E-state index contributed by atoms with van der Waals surface area (Å²) in [6.07, 6.45) is 0. The van der Waals surface area contributed by atoms with E-state index < -0.39 is 0 Å². The predicted octanol–water partition coefficient (Wildman–Crippen LogP) is 3.45. The van der Waals surface area contributed by atoms with E-state index in [-0.39, 0.29) is 12.1 Å². The number of amides is 2. The summed E-state index contributed by atoms with van der Waals surface area (Å²) in [4.78, 5) is 17.0. The minimum atomic E-state index is -0.190. The first-order chi connectivity index (χ1) is 12.6. The lowest BCUT2D eigenvalue weighted by atomic mass is 10.0. The second kappa shape index (κ2) is 9.03. The van der Waals surface area contributed by atoms with Gasteiger partial charge >= 0.3 is 6.03 Å². The van der Waals surface area contributed by atoms with Crippen molar-refractivity contribution in [2.75, 3.05) is 45.1 Å². The molecule has 1 aliphatic rings. The maximum absolute atomic E-state index is 12.3. The molecule has 2 N–H and O–H groups in total. The Bertz CT molecular complexity index is 700. The van der Waals surface area contributed by atoms with E-state index in [4.69, 9.17) is 11.6 Å². The van der Waals surface area contributed by atoms with Crippen molar-refractivity contribution in [1.29, 1.82) is 0 Å². The van der Waals surface area contributed by atoms with Crippen molar-refractivity contribution in [3.05, 3.63) is 65.2 Å². The van der Waals surface area contributed by atoms with Crippen molar-refractivity contribution in [3.63, 3.8) is 0 Å². The number of hydrogen-bond acceptors (Lipinski definition) is 3. The fourth-order valence-corrected chi connectivity index (χ4v) is 3.29. The fourth-order valence-electron chi connectivity index (χ4n) is 3.16. The zero-order valence-electron chi connectivity index (χ0n) is 15.0. The van der Waals surface area contributed by atoms with Gasteiger partial charge in [0.15, 0.2) is 0 Å². The zero-order valence-corrected chi connectivity index (χ0v) is 15.7. The summed E-state index contributed by atoms with van der Waals surface area (Å²) in [6, 6.07) is 17.3. The second-order valence-electron chi connectivity index (χ2n) is 6.61. The molecular formula is C20H25ClN4O. The Morgan fingerprint density at radius 1 is 1.04 bits per heavy atom. The topological polar surface area (TPSA) is 47.6 Å². The van der Waals surface area contributed by atoms with Gasteiger partial charge in [-0.05, 0) is 36.9 Å². The Balaban J connectivity index is 1.65. The first-order valence-electron chi connectivity index (χ1n) is 8.90. The summed E-state index contributed by atoms with van der Waals surface area (Å²) >= 11 is 6.04. The first-order valence-corrected chi connectivity index (χ1v) is 9.27. The molecule has 2 amide bonds. The van der Waals surface area contributed by atoms with Crippen LogP contribution < -0.4 is 10.6 Å². The van der Waals surface area contributed by atoms with Crippen LogP contribution >= 0.6 is 11.6 Å². The minimum absolute atomic E-state index is 0.127. The molecule has 0 saturated carbocycles. The van der Waals surface area contributed by atoms with Crippen LogP contribution in [0.5, 0.6) is 0 Å². The van der Waals surface area contributed by atoms with Gasteiger partial charge in [-0.25, -0.2) is 4.79 Å². The van der Waals surface area contributed by atoms with Crippen molar-refractivity contribution in [2.24, 2.45) is 0 Å². The Morgan fingerprint density at radius 2 is 1.69 bits per heavy atom. The summed E-state index contributed by atoms with van der Waals surface area (Å²) < 4.78 is 0. The summed E-state index contributed by atoms with van der Waals surface area (Å²) in [6.45, 7) is 4.56. The number of benzene rings is 2. The van der Waals surface area contributed by atoms with E-state index in [9.17, 15) is 4.79 Å². The third-order valence-corrected chi connectivity index (χ3v) is 4.97. The molecule has 1 aliphatic heterocycles. The molecular weight excluding hydrogens is 348 g/mol. The molecule has 1 unspecified atom stereocenters.